The smallest absolute Gasteiger partial charge is 0.336 e. The van der Waals surface area contributed by atoms with Crippen LogP contribution in [0.1, 0.15) is 25.1 Å². The highest BCUT2D eigenvalue weighted by molar-refractivity contribution is 5.77. The second-order valence-electron chi connectivity index (χ2n) is 10.1. The molecule has 0 saturated carbocycles. The number of hydrogen-bond donors (Lipinski definition) is 1. The molecule has 2 fully saturated rings. The summed E-state index contributed by atoms with van der Waals surface area (Å²) in [5, 5.41) is 20.2. The molecule has 0 bridgehead atoms. The van der Waals surface area contributed by atoms with E-state index in [-0.39, 0.29) is 13.2 Å². The molecule has 6 rings (SSSR count). The number of benzene rings is 2. The molecule has 39 heavy (non-hydrogen) atoms. The summed E-state index contributed by atoms with van der Waals surface area (Å²) in [6.07, 6.45) is -1.65. The lowest BCUT2D eigenvalue weighted by Crippen LogP contribution is -2.44. The Morgan fingerprint density at radius 1 is 1.08 bits per heavy atom. The molecule has 11 heteroatoms. The molecule has 1 N–H and O–H groups in total. The van der Waals surface area contributed by atoms with Gasteiger partial charge in [-0.3, -0.25) is 0 Å². The number of hydrogen-bond acceptors (Lipinski definition) is 10. The Morgan fingerprint density at radius 2 is 1.90 bits per heavy atom. The van der Waals surface area contributed by atoms with Gasteiger partial charge in [0.25, 0.3) is 0 Å². The van der Waals surface area contributed by atoms with Crippen molar-refractivity contribution in [3.8, 4) is 5.75 Å². The van der Waals surface area contributed by atoms with E-state index in [2.05, 4.69) is 10.3 Å². The Bertz CT molecular complexity index is 1490. The van der Waals surface area contributed by atoms with Crippen molar-refractivity contribution >= 4 is 11.0 Å². The molecule has 4 heterocycles. The standard InChI is InChI=1S/C28H29N3O8/c1-28(2)38-26-25(35-15-17-6-4-3-5-7-17)24(37-27(26)39-28)21(32)14-31-13-19(29-30-31)16-34-20-10-8-18-9-11-23(33)36-22(18)12-20/h3-13,21,24-27,32H,14-16H2,1-2H3/t21?,24?,25-,26?,27?/m1/s1. The topological polar surface area (TPSA) is 127 Å². The van der Waals surface area contributed by atoms with Gasteiger partial charge in [0.05, 0.1) is 19.3 Å². The molecule has 2 aliphatic heterocycles. The maximum absolute atomic E-state index is 11.5. The van der Waals surface area contributed by atoms with Crippen LogP contribution in [0.2, 0.25) is 0 Å². The molecule has 0 amide bonds. The zero-order chi connectivity index (χ0) is 27.0. The lowest BCUT2D eigenvalue weighted by atomic mass is 10.1. The van der Waals surface area contributed by atoms with Gasteiger partial charge in [0.1, 0.15) is 48.0 Å². The monoisotopic (exact) mass is 535 g/mol. The second-order valence-corrected chi connectivity index (χ2v) is 10.1. The van der Waals surface area contributed by atoms with Crippen LogP contribution in [0.5, 0.6) is 5.75 Å². The van der Waals surface area contributed by atoms with E-state index < -0.39 is 42.1 Å². The summed E-state index contributed by atoms with van der Waals surface area (Å²) in [5.74, 6) is -0.282. The third kappa shape index (κ3) is 5.72. The van der Waals surface area contributed by atoms with Crippen molar-refractivity contribution in [2.24, 2.45) is 0 Å². The van der Waals surface area contributed by atoms with Crippen molar-refractivity contribution in [3.63, 3.8) is 0 Å². The predicted molar refractivity (Wildman–Crippen MR) is 137 cm³/mol. The maximum atomic E-state index is 11.5. The lowest BCUT2D eigenvalue weighted by Gasteiger charge is -2.28. The van der Waals surface area contributed by atoms with Gasteiger partial charge in [0, 0.05) is 17.5 Å². The van der Waals surface area contributed by atoms with Crippen LogP contribution in [-0.4, -0.2) is 56.6 Å². The average Bonchev–Trinajstić information content (AvgIpc) is 3.58. The molecule has 2 aromatic heterocycles. The quantitative estimate of drug-likeness (QED) is 0.320. The molecular weight excluding hydrogens is 506 g/mol. The van der Waals surface area contributed by atoms with Gasteiger partial charge in [0.2, 0.25) is 0 Å². The van der Waals surface area contributed by atoms with Crippen LogP contribution in [0.4, 0.5) is 0 Å². The van der Waals surface area contributed by atoms with Crippen molar-refractivity contribution in [2.45, 2.75) is 70.1 Å². The Morgan fingerprint density at radius 3 is 2.74 bits per heavy atom. The van der Waals surface area contributed by atoms with E-state index in [1.54, 1.807) is 24.4 Å². The van der Waals surface area contributed by atoms with E-state index in [0.29, 0.717) is 23.6 Å². The van der Waals surface area contributed by atoms with Crippen LogP contribution in [0.15, 0.2) is 76.1 Å². The van der Waals surface area contributed by atoms with Gasteiger partial charge in [0.15, 0.2) is 12.1 Å². The molecule has 2 aromatic carbocycles. The second kappa shape index (κ2) is 10.5. The highest BCUT2D eigenvalue weighted by Gasteiger charge is 2.57. The Balaban J connectivity index is 1.09. The first-order valence-corrected chi connectivity index (χ1v) is 12.7. The van der Waals surface area contributed by atoms with Crippen molar-refractivity contribution in [1.82, 2.24) is 15.0 Å². The van der Waals surface area contributed by atoms with Gasteiger partial charge in [-0.2, -0.15) is 0 Å². The summed E-state index contributed by atoms with van der Waals surface area (Å²) in [4.78, 5) is 11.5. The molecular formula is C28H29N3O8. The fourth-order valence-corrected chi connectivity index (χ4v) is 4.85. The predicted octanol–water partition coefficient (Wildman–Crippen LogP) is 2.79. The summed E-state index contributed by atoms with van der Waals surface area (Å²) >= 11 is 0. The van der Waals surface area contributed by atoms with E-state index in [1.165, 1.54) is 10.7 Å². The van der Waals surface area contributed by atoms with Crippen molar-refractivity contribution in [1.29, 1.82) is 0 Å². The fourth-order valence-electron chi connectivity index (χ4n) is 4.85. The molecule has 4 unspecified atom stereocenters. The summed E-state index contributed by atoms with van der Waals surface area (Å²) in [5.41, 5.74) is 1.58. The number of aliphatic hydroxyl groups excluding tert-OH is 1. The molecule has 204 valence electrons. The number of aromatic nitrogens is 3. The molecule has 2 aliphatic rings. The van der Waals surface area contributed by atoms with Gasteiger partial charge < -0.3 is 33.2 Å². The minimum Gasteiger partial charge on any atom is -0.487 e. The van der Waals surface area contributed by atoms with Crippen LogP contribution < -0.4 is 10.4 Å². The molecule has 5 atom stereocenters. The Labute approximate surface area is 223 Å². The molecule has 0 radical (unpaired) electrons. The first-order valence-electron chi connectivity index (χ1n) is 12.7. The molecule has 11 nitrogen and oxygen atoms in total. The average molecular weight is 536 g/mol. The minimum absolute atomic E-state index is 0.118. The maximum Gasteiger partial charge on any atom is 0.336 e. The van der Waals surface area contributed by atoms with Gasteiger partial charge in [-0.25, -0.2) is 9.48 Å². The van der Waals surface area contributed by atoms with Crippen LogP contribution >= 0.6 is 0 Å². The van der Waals surface area contributed by atoms with Gasteiger partial charge in [-0.05, 0) is 37.6 Å². The van der Waals surface area contributed by atoms with Gasteiger partial charge in [-0.15, -0.1) is 5.10 Å². The van der Waals surface area contributed by atoms with Crippen LogP contribution in [-0.2, 0) is 38.7 Å². The molecule has 0 spiro atoms. The minimum atomic E-state index is -0.967. The number of nitrogens with zero attached hydrogens (tertiary/aromatic N) is 3. The highest BCUT2D eigenvalue weighted by atomic mass is 16.8. The summed E-state index contributed by atoms with van der Waals surface area (Å²) in [6.45, 7) is 4.24. The van der Waals surface area contributed by atoms with E-state index in [9.17, 15) is 9.90 Å². The fraction of sp³-hybridized carbons (Fsp3) is 0.393. The van der Waals surface area contributed by atoms with E-state index in [0.717, 1.165) is 10.9 Å². The lowest BCUT2D eigenvalue weighted by molar-refractivity contribution is -0.231. The Hall–Kier alpha value is -3.61. The SMILES string of the molecule is CC1(C)OC2OC(C(O)Cn3cc(COc4ccc5ccc(=O)oc5c4)nn3)[C@@H](OCc3ccccc3)C2O1. The first-order chi connectivity index (χ1) is 18.8. The highest BCUT2D eigenvalue weighted by Crippen LogP contribution is 2.40. The summed E-state index contributed by atoms with van der Waals surface area (Å²) < 4.78 is 36.8. The van der Waals surface area contributed by atoms with Crippen molar-refractivity contribution in [3.05, 3.63) is 88.5 Å². The summed E-state index contributed by atoms with van der Waals surface area (Å²) in [6, 6.07) is 18.1. The van der Waals surface area contributed by atoms with E-state index >= 15 is 0 Å². The number of rotatable bonds is 9. The largest absolute Gasteiger partial charge is 0.487 e. The number of aliphatic hydroxyl groups is 1. The zero-order valence-electron chi connectivity index (χ0n) is 21.5. The van der Waals surface area contributed by atoms with E-state index in [1.807, 2.05) is 50.2 Å². The van der Waals surface area contributed by atoms with Gasteiger partial charge in [-0.1, -0.05) is 35.5 Å². The van der Waals surface area contributed by atoms with E-state index in [4.69, 9.17) is 28.1 Å². The molecule has 2 saturated heterocycles. The third-order valence-electron chi connectivity index (χ3n) is 6.63. The number of ether oxygens (including phenoxy) is 5. The number of fused-ring (bicyclic) bond motifs is 2. The van der Waals surface area contributed by atoms with Gasteiger partial charge >= 0.3 is 5.63 Å². The Kier molecular flexibility index (Phi) is 6.92. The van der Waals surface area contributed by atoms with Crippen LogP contribution in [0.3, 0.4) is 0 Å². The normalized spacial score (nSPS) is 24.6. The van der Waals surface area contributed by atoms with Crippen molar-refractivity contribution < 1.29 is 33.2 Å². The molecule has 0 aliphatic carbocycles. The third-order valence-corrected chi connectivity index (χ3v) is 6.63. The van der Waals surface area contributed by atoms with Crippen LogP contribution in [0, 0.1) is 0 Å². The zero-order valence-corrected chi connectivity index (χ0v) is 21.5. The first kappa shape index (κ1) is 25.7. The van der Waals surface area contributed by atoms with Crippen molar-refractivity contribution in [2.75, 3.05) is 0 Å². The van der Waals surface area contributed by atoms with Crippen LogP contribution in [0.25, 0.3) is 11.0 Å². The molecule has 4 aromatic rings. The summed E-state index contributed by atoms with van der Waals surface area (Å²) in [7, 11) is 0.